The number of hydrogen-bond acceptors (Lipinski definition) is 7. The number of phosphoric acid groups is 1. The molecule has 1 saturated heterocycles. The number of phosphoric ester groups is 1. The third kappa shape index (κ3) is 4.25. The molecule has 0 amide bonds. The summed E-state index contributed by atoms with van der Waals surface area (Å²) in [5, 5.41) is 36.8. The number of aliphatic hydroxyl groups excluding tert-OH is 4. The van der Waals surface area contributed by atoms with Gasteiger partial charge in [-0.2, -0.15) is 0 Å². The lowest BCUT2D eigenvalue weighted by molar-refractivity contribution is -0.251. The molecule has 0 aliphatic carbocycles. The van der Waals surface area contributed by atoms with E-state index in [0.717, 1.165) is 0 Å². The van der Waals surface area contributed by atoms with Crippen LogP contribution in [0.25, 0.3) is 0 Å². The Hall–Kier alpha value is -0.0900. The Balaban J connectivity index is 2.70. The summed E-state index contributed by atoms with van der Waals surface area (Å²) in [5.74, 6) is 0. The SMILES string of the molecule is O=P(O)(O)O[C@H]1C[C@@H](O)[C@H](O)[C@@H]([C@@H](O)CO)O1. The van der Waals surface area contributed by atoms with Gasteiger partial charge in [0, 0.05) is 6.42 Å². The monoisotopic (exact) mass is 274 g/mol. The fourth-order valence-corrected chi connectivity index (χ4v) is 1.95. The van der Waals surface area contributed by atoms with Gasteiger partial charge in [-0.15, -0.1) is 0 Å². The van der Waals surface area contributed by atoms with Crippen molar-refractivity contribution in [1.82, 2.24) is 0 Å². The van der Waals surface area contributed by atoms with Crippen molar-refractivity contribution in [3.05, 3.63) is 0 Å². The molecule has 5 atom stereocenters. The standard InChI is InChI=1S/C7H15O9P/c8-2-4(10)7-6(11)3(9)1-5(15-7)16-17(12,13)14/h3-11H,1-2H2,(H2,12,13,14)/t3-,4+,5+,6+,7-/m1/s1. The normalized spacial score (nSPS) is 36.8. The fraction of sp³-hybridized carbons (Fsp3) is 1.00. The van der Waals surface area contributed by atoms with Crippen molar-refractivity contribution in [2.75, 3.05) is 6.61 Å². The molecule has 10 heteroatoms. The molecule has 9 nitrogen and oxygen atoms in total. The second-order valence-corrected chi connectivity index (χ2v) is 4.86. The van der Waals surface area contributed by atoms with Gasteiger partial charge in [0.1, 0.15) is 18.3 Å². The highest BCUT2D eigenvalue weighted by Gasteiger charge is 2.42. The summed E-state index contributed by atoms with van der Waals surface area (Å²) >= 11 is 0. The first kappa shape index (κ1) is 15.0. The molecule has 0 unspecified atom stereocenters. The smallest absolute Gasteiger partial charge is 0.394 e. The van der Waals surface area contributed by atoms with E-state index in [-0.39, 0.29) is 6.42 Å². The second kappa shape index (κ2) is 5.70. The summed E-state index contributed by atoms with van der Waals surface area (Å²) in [6, 6.07) is 0. The van der Waals surface area contributed by atoms with Gasteiger partial charge in [0.25, 0.3) is 0 Å². The number of ether oxygens (including phenoxy) is 1. The van der Waals surface area contributed by atoms with Gasteiger partial charge in [-0.05, 0) is 0 Å². The Morgan fingerprint density at radius 1 is 1.41 bits per heavy atom. The molecule has 1 fully saturated rings. The lowest BCUT2D eigenvalue weighted by Gasteiger charge is -2.38. The fourth-order valence-electron chi connectivity index (χ4n) is 1.51. The zero-order chi connectivity index (χ0) is 13.2. The van der Waals surface area contributed by atoms with Gasteiger partial charge in [-0.3, -0.25) is 4.52 Å². The van der Waals surface area contributed by atoms with Crippen molar-refractivity contribution in [1.29, 1.82) is 0 Å². The average molecular weight is 274 g/mol. The van der Waals surface area contributed by atoms with E-state index in [1.54, 1.807) is 0 Å². The van der Waals surface area contributed by atoms with Crippen molar-refractivity contribution in [2.24, 2.45) is 0 Å². The van der Waals surface area contributed by atoms with Crippen LogP contribution in [0.2, 0.25) is 0 Å². The Morgan fingerprint density at radius 2 is 2.00 bits per heavy atom. The van der Waals surface area contributed by atoms with Gasteiger partial charge in [-0.1, -0.05) is 0 Å². The van der Waals surface area contributed by atoms with E-state index >= 15 is 0 Å². The highest BCUT2D eigenvalue weighted by atomic mass is 31.2. The molecule has 0 aromatic rings. The molecule has 0 aromatic heterocycles. The van der Waals surface area contributed by atoms with Crippen LogP contribution >= 0.6 is 7.82 Å². The van der Waals surface area contributed by atoms with E-state index in [9.17, 15) is 19.9 Å². The third-order valence-corrected chi connectivity index (χ3v) is 2.80. The van der Waals surface area contributed by atoms with Crippen molar-refractivity contribution in [2.45, 2.75) is 37.1 Å². The van der Waals surface area contributed by atoms with Crippen LogP contribution in [0.3, 0.4) is 0 Å². The molecule has 0 bridgehead atoms. The quantitative estimate of drug-likeness (QED) is 0.300. The number of hydrogen-bond donors (Lipinski definition) is 6. The molecule has 1 aliphatic heterocycles. The van der Waals surface area contributed by atoms with Crippen LogP contribution in [0.15, 0.2) is 0 Å². The lowest BCUT2D eigenvalue weighted by atomic mass is 9.98. The minimum atomic E-state index is -4.81. The maximum Gasteiger partial charge on any atom is 0.471 e. The van der Waals surface area contributed by atoms with E-state index in [4.69, 9.17) is 19.6 Å². The Morgan fingerprint density at radius 3 is 2.47 bits per heavy atom. The highest BCUT2D eigenvalue weighted by molar-refractivity contribution is 7.46. The third-order valence-electron chi connectivity index (χ3n) is 2.29. The Kier molecular flexibility index (Phi) is 5.02. The molecule has 6 N–H and O–H groups in total. The van der Waals surface area contributed by atoms with Crippen LogP contribution in [0.4, 0.5) is 0 Å². The molecule has 0 spiro atoms. The van der Waals surface area contributed by atoms with E-state index in [0.29, 0.717) is 0 Å². The number of rotatable bonds is 4. The summed E-state index contributed by atoms with van der Waals surface area (Å²) in [5.41, 5.74) is 0. The van der Waals surface area contributed by atoms with Gasteiger partial charge >= 0.3 is 7.82 Å². The highest BCUT2D eigenvalue weighted by Crippen LogP contribution is 2.40. The van der Waals surface area contributed by atoms with Gasteiger partial charge in [-0.25, -0.2) is 4.57 Å². The summed E-state index contributed by atoms with van der Waals surface area (Å²) in [7, 11) is -4.81. The predicted molar refractivity (Wildman–Crippen MR) is 51.5 cm³/mol. The summed E-state index contributed by atoms with van der Waals surface area (Å²) in [6.45, 7) is -0.739. The molecule has 1 aliphatic rings. The maximum absolute atomic E-state index is 10.6. The summed E-state index contributed by atoms with van der Waals surface area (Å²) in [6.07, 6.45) is -7.58. The van der Waals surface area contributed by atoms with Crippen LogP contribution in [-0.4, -0.2) is 67.5 Å². The molecular weight excluding hydrogens is 259 g/mol. The van der Waals surface area contributed by atoms with Gasteiger partial charge < -0.3 is 34.9 Å². The minimum absolute atomic E-state index is 0.360. The summed E-state index contributed by atoms with van der Waals surface area (Å²) in [4.78, 5) is 17.1. The zero-order valence-corrected chi connectivity index (χ0v) is 9.55. The first-order chi connectivity index (χ1) is 7.74. The molecule has 0 radical (unpaired) electrons. The topological polar surface area (TPSA) is 157 Å². The molecule has 0 aromatic carbocycles. The zero-order valence-electron chi connectivity index (χ0n) is 8.66. The van der Waals surface area contributed by atoms with Gasteiger partial charge in [0.15, 0.2) is 6.29 Å². The van der Waals surface area contributed by atoms with Crippen molar-refractivity contribution in [3.8, 4) is 0 Å². The lowest BCUT2D eigenvalue weighted by Crippen LogP contribution is -2.54. The van der Waals surface area contributed by atoms with Crippen LogP contribution in [-0.2, 0) is 13.8 Å². The summed E-state index contributed by atoms with van der Waals surface area (Å²) < 4.78 is 19.6. The predicted octanol–water partition coefficient (Wildman–Crippen LogP) is -2.71. The largest absolute Gasteiger partial charge is 0.471 e. The van der Waals surface area contributed by atoms with Crippen LogP contribution in [0.1, 0.15) is 6.42 Å². The molecule has 17 heavy (non-hydrogen) atoms. The molecule has 0 saturated carbocycles. The molecule has 1 heterocycles. The van der Waals surface area contributed by atoms with Crippen molar-refractivity contribution >= 4 is 7.82 Å². The van der Waals surface area contributed by atoms with Gasteiger partial charge in [0.05, 0.1) is 12.7 Å². The van der Waals surface area contributed by atoms with Crippen molar-refractivity contribution < 1.29 is 44.0 Å². The Labute approximate surface area is 96.5 Å². The van der Waals surface area contributed by atoms with Crippen LogP contribution < -0.4 is 0 Å². The van der Waals surface area contributed by atoms with E-state index in [1.165, 1.54) is 0 Å². The van der Waals surface area contributed by atoms with Gasteiger partial charge in [0.2, 0.25) is 0 Å². The van der Waals surface area contributed by atoms with Crippen molar-refractivity contribution in [3.63, 3.8) is 0 Å². The Bertz CT molecular complexity index is 291. The van der Waals surface area contributed by atoms with E-state index in [1.807, 2.05) is 0 Å². The van der Waals surface area contributed by atoms with Crippen LogP contribution in [0, 0.1) is 0 Å². The minimum Gasteiger partial charge on any atom is -0.394 e. The average Bonchev–Trinajstić information content (AvgIpc) is 2.19. The maximum atomic E-state index is 10.6. The molecular formula is C7H15O9P. The second-order valence-electron chi connectivity index (χ2n) is 3.67. The van der Waals surface area contributed by atoms with Crippen LogP contribution in [0.5, 0.6) is 0 Å². The number of aliphatic hydroxyl groups is 4. The van der Waals surface area contributed by atoms with E-state index in [2.05, 4.69) is 4.52 Å². The first-order valence-electron chi connectivity index (χ1n) is 4.79. The molecule has 1 rings (SSSR count). The van der Waals surface area contributed by atoms with E-state index < -0.39 is 45.1 Å². The first-order valence-corrected chi connectivity index (χ1v) is 6.32. The molecule has 102 valence electrons.